The molecule has 2 rings (SSSR count). The second-order valence-electron chi connectivity index (χ2n) is 4.78. The minimum atomic E-state index is 0.556. The number of nitrogen functional groups attached to an aromatic ring is 1. The average Bonchev–Trinajstić information content (AvgIpc) is 2.51. The van der Waals surface area contributed by atoms with Crippen LogP contribution in [0.4, 0.5) is 11.5 Å². The highest BCUT2D eigenvalue weighted by atomic mass is 15.0. The smallest absolute Gasteiger partial charge is 0.149 e. The van der Waals surface area contributed by atoms with Crippen LogP contribution >= 0.6 is 0 Å². The van der Waals surface area contributed by atoms with Gasteiger partial charge >= 0.3 is 0 Å². The Bertz CT molecular complexity index is 341. The summed E-state index contributed by atoms with van der Waals surface area (Å²) in [6, 6.07) is 2.53. The fourth-order valence-corrected chi connectivity index (χ4v) is 2.33. The van der Waals surface area contributed by atoms with Crippen molar-refractivity contribution in [2.24, 2.45) is 0 Å². The summed E-state index contributed by atoms with van der Waals surface area (Å²) >= 11 is 0. The number of hydrogen-bond donors (Lipinski definition) is 2. The molecule has 3 heteroatoms. The molecular weight excluding hydrogens is 198 g/mol. The van der Waals surface area contributed by atoms with Crippen molar-refractivity contribution >= 4 is 11.5 Å². The van der Waals surface area contributed by atoms with Gasteiger partial charge in [0.15, 0.2) is 0 Å². The number of hydrogen-bond acceptors (Lipinski definition) is 3. The van der Waals surface area contributed by atoms with E-state index in [9.17, 15) is 0 Å². The molecule has 0 atom stereocenters. The van der Waals surface area contributed by atoms with Crippen LogP contribution in [0, 0.1) is 6.92 Å². The second kappa shape index (κ2) is 5.19. The summed E-state index contributed by atoms with van der Waals surface area (Å²) in [5, 5.41) is 3.48. The largest absolute Gasteiger partial charge is 0.396 e. The molecular formula is C13H21N3. The van der Waals surface area contributed by atoms with Crippen molar-refractivity contribution in [1.82, 2.24) is 4.98 Å². The maximum atomic E-state index is 5.95. The van der Waals surface area contributed by atoms with Gasteiger partial charge in [-0.25, -0.2) is 4.98 Å². The molecule has 1 aromatic heterocycles. The van der Waals surface area contributed by atoms with Crippen LogP contribution in [0.3, 0.4) is 0 Å². The lowest BCUT2D eigenvalue weighted by molar-refractivity contribution is 0.618. The van der Waals surface area contributed by atoms with Gasteiger partial charge in [-0.15, -0.1) is 0 Å². The standard InChI is InChI=1S/C13H21N3/c1-10-8-12(14)13(15-9-10)16-11-6-4-2-3-5-7-11/h8-9,11H,2-7,14H2,1H3,(H,15,16). The molecule has 88 valence electrons. The quantitative estimate of drug-likeness (QED) is 0.751. The number of nitrogens with zero attached hydrogens (tertiary/aromatic N) is 1. The molecule has 1 heterocycles. The molecule has 3 nitrogen and oxygen atoms in total. The molecule has 1 saturated carbocycles. The fraction of sp³-hybridized carbons (Fsp3) is 0.615. The molecule has 0 saturated heterocycles. The minimum absolute atomic E-state index is 0.556. The highest BCUT2D eigenvalue weighted by molar-refractivity contribution is 5.62. The Kier molecular flexibility index (Phi) is 3.65. The van der Waals surface area contributed by atoms with Crippen LogP contribution in [0.5, 0.6) is 0 Å². The van der Waals surface area contributed by atoms with E-state index >= 15 is 0 Å². The highest BCUT2D eigenvalue weighted by Gasteiger charge is 2.13. The molecule has 0 aliphatic heterocycles. The van der Waals surface area contributed by atoms with Crippen LogP contribution in [-0.2, 0) is 0 Å². The summed E-state index contributed by atoms with van der Waals surface area (Å²) < 4.78 is 0. The van der Waals surface area contributed by atoms with E-state index in [1.807, 2.05) is 19.2 Å². The molecule has 0 unspecified atom stereocenters. The first-order chi connectivity index (χ1) is 7.75. The second-order valence-corrected chi connectivity index (χ2v) is 4.78. The fourth-order valence-electron chi connectivity index (χ4n) is 2.33. The van der Waals surface area contributed by atoms with Crippen LogP contribution in [0.15, 0.2) is 12.3 Å². The number of anilines is 2. The summed E-state index contributed by atoms with van der Waals surface area (Å²) in [4.78, 5) is 4.37. The van der Waals surface area contributed by atoms with E-state index in [1.165, 1.54) is 38.5 Å². The van der Waals surface area contributed by atoms with E-state index in [0.717, 1.165) is 17.1 Å². The predicted molar refractivity (Wildman–Crippen MR) is 68.5 cm³/mol. The molecule has 1 aromatic rings. The van der Waals surface area contributed by atoms with E-state index in [1.54, 1.807) is 0 Å². The molecule has 0 aromatic carbocycles. The Morgan fingerprint density at radius 3 is 2.56 bits per heavy atom. The van der Waals surface area contributed by atoms with E-state index < -0.39 is 0 Å². The zero-order valence-corrected chi connectivity index (χ0v) is 10.00. The van der Waals surface area contributed by atoms with Crippen molar-refractivity contribution in [3.63, 3.8) is 0 Å². The van der Waals surface area contributed by atoms with Crippen LogP contribution in [0.1, 0.15) is 44.1 Å². The molecule has 0 amide bonds. The van der Waals surface area contributed by atoms with Crippen molar-refractivity contribution in [1.29, 1.82) is 0 Å². The number of pyridine rings is 1. The first-order valence-electron chi connectivity index (χ1n) is 6.24. The van der Waals surface area contributed by atoms with E-state index in [0.29, 0.717) is 6.04 Å². The van der Waals surface area contributed by atoms with Crippen molar-refractivity contribution in [3.05, 3.63) is 17.8 Å². The van der Waals surface area contributed by atoms with Gasteiger partial charge in [0.2, 0.25) is 0 Å². The third kappa shape index (κ3) is 2.87. The number of rotatable bonds is 2. The van der Waals surface area contributed by atoms with E-state index in [-0.39, 0.29) is 0 Å². The van der Waals surface area contributed by atoms with Crippen molar-refractivity contribution in [2.75, 3.05) is 11.1 Å². The minimum Gasteiger partial charge on any atom is -0.396 e. The molecule has 0 bridgehead atoms. The SMILES string of the molecule is Cc1cnc(NC2CCCCCC2)c(N)c1. The molecule has 16 heavy (non-hydrogen) atoms. The lowest BCUT2D eigenvalue weighted by atomic mass is 10.1. The van der Waals surface area contributed by atoms with Gasteiger partial charge in [-0.3, -0.25) is 0 Å². The van der Waals surface area contributed by atoms with Crippen LogP contribution in [0.25, 0.3) is 0 Å². The lowest BCUT2D eigenvalue weighted by Gasteiger charge is -2.18. The molecule has 0 spiro atoms. The molecule has 1 aliphatic carbocycles. The lowest BCUT2D eigenvalue weighted by Crippen LogP contribution is -2.20. The van der Waals surface area contributed by atoms with Crippen molar-refractivity contribution in [3.8, 4) is 0 Å². The third-order valence-electron chi connectivity index (χ3n) is 3.25. The number of nitrogens with one attached hydrogen (secondary N) is 1. The van der Waals surface area contributed by atoms with Crippen LogP contribution in [0.2, 0.25) is 0 Å². The zero-order valence-electron chi connectivity index (χ0n) is 10.00. The van der Waals surface area contributed by atoms with Gasteiger partial charge < -0.3 is 11.1 Å². The number of aryl methyl sites for hydroxylation is 1. The van der Waals surface area contributed by atoms with Gasteiger partial charge in [0.05, 0.1) is 5.69 Å². The third-order valence-corrected chi connectivity index (χ3v) is 3.25. The first-order valence-corrected chi connectivity index (χ1v) is 6.24. The summed E-state index contributed by atoms with van der Waals surface area (Å²) in [5.74, 6) is 0.859. The Hall–Kier alpha value is -1.25. The van der Waals surface area contributed by atoms with E-state index in [4.69, 9.17) is 5.73 Å². The van der Waals surface area contributed by atoms with Gasteiger partial charge in [0.1, 0.15) is 5.82 Å². The van der Waals surface area contributed by atoms with Crippen molar-refractivity contribution < 1.29 is 0 Å². The zero-order chi connectivity index (χ0) is 11.4. The van der Waals surface area contributed by atoms with Crippen LogP contribution < -0.4 is 11.1 Å². The summed E-state index contributed by atoms with van der Waals surface area (Å²) in [7, 11) is 0. The molecule has 3 N–H and O–H groups in total. The number of aromatic nitrogens is 1. The van der Waals surface area contributed by atoms with Gasteiger partial charge in [-0.2, -0.15) is 0 Å². The summed E-state index contributed by atoms with van der Waals surface area (Å²) in [6.07, 6.45) is 9.75. The molecule has 1 fully saturated rings. The summed E-state index contributed by atoms with van der Waals surface area (Å²) in [6.45, 7) is 2.01. The molecule has 0 radical (unpaired) electrons. The van der Waals surface area contributed by atoms with Gasteiger partial charge in [-0.05, 0) is 31.4 Å². The highest BCUT2D eigenvalue weighted by Crippen LogP contribution is 2.23. The topological polar surface area (TPSA) is 50.9 Å². The Balaban J connectivity index is 2.01. The van der Waals surface area contributed by atoms with Gasteiger partial charge in [0, 0.05) is 12.2 Å². The Labute approximate surface area is 97.5 Å². The van der Waals surface area contributed by atoms with Gasteiger partial charge in [-0.1, -0.05) is 25.7 Å². The predicted octanol–water partition coefficient (Wildman–Crippen LogP) is 3.11. The monoisotopic (exact) mass is 219 g/mol. The Morgan fingerprint density at radius 1 is 1.25 bits per heavy atom. The van der Waals surface area contributed by atoms with Gasteiger partial charge in [0.25, 0.3) is 0 Å². The summed E-state index contributed by atoms with van der Waals surface area (Å²) in [5.41, 5.74) is 7.84. The van der Waals surface area contributed by atoms with Crippen molar-refractivity contribution in [2.45, 2.75) is 51.5 Å². The Morgan fingerprint density at radius 2 is 1.94 bits per heavy atom. The molecule has 1 aliphatic rings. The maximum absolute atomic E-state index is 5.95. The van der Waals surface area contributed by atoms with E-state index in [2.05, 4.69) is 10.3 Å². The number of nitrogens with two attached hydrogens (primary N) is 1. The van der Waals surface area contributed by atoms with Crippen LogP contribution in [-0.4, -0.2) is 11.0 Å². The average molecular weight is 219 g/mol. The maximum Gasteiger partial charge on any atom is 0.149 e. The normalized spacial score (nSPS) is 18.1. The first kappa shape index (κ1) is 11.2.